The van der Waals surface area contributed by atoms with Gasteiger partial charge in [0.15, 0.2) is 11.5 Å². The quantitative estimate of drug-likeness (QED) is 0.243. The van der Waals surface area contributed by atoms with E-state index in [0.717, 1.165) is 0 Å². The van der Waals surface area contributed by atoms with E-state index in [2.05, 4.69) is 20.8 Å². The van der Waals surface area contributed by atoms with Gasteiger partial charge in [-0.2, -0.15) is 4.98 Å². The number of carbonyl (C=O) groups excluding carboxylic acids is 2. The van der Waals surface area contributed by atoms with Crippen LogP contribution in [0.3, 0.4) is 0 Å². The molecule has 5 aromatic rings. The van der Waals surface area contributed by atoms with E-state index in [0.29, 0.717) is 33.5 Å². The van der Waals surface area contributed by atoms with Gasteiger partial charge in [-0.1, -0.05) is 48.5 Å². The molecule has 0 radical (unpaired) electrons. The molecule has 0 spiro atoms. The molecule has 39 heavy (non-hydrogen) atoms. The number of hydrazine groups is 1. The number of fused-ring (bicyclic) bond motifs is 1. The van der Waals surface area contributed by atoms with E-state index >= 15 is 0 Å². The third-order valence-electron chi connectivity index (χ3n) is 5.98. The second-order valence-corrected chi connectivity index (χ2v) is 8.47. The smallest absolute Gasteiger partial charge is 0.355 e. The van der Waals surface area contributed by atoms with E-state index in [9.17, 15) is 14.4 Å². The molecule has 0 fully saturated rings. The van der Waals surface area contributed by atoms with Gasteiger partial charge in [0.2, 0.25) is 0 Å². The van der Waals surface area contributed by atoms with Gasteiger partial charge in [0.1, 0.15) is 0 Å². The second kappa shape index (κ2) is 10.9. The highest BCUT2D eigenvalue weighted by atomic mass is 16.5. The van der Waals surface area contributed by atoms with Crippen LogP contribution in [-0.4, -0.2) is 38.0 Å². The summed E-state index contributed by atoms with van der Waals surface area (Å²) < 4.78 is 6.76. The molecule has 0 saturated carbocycles. The van der Waals surface area contributed by atoms with Gasteiger partial charge in [0, 0.05) is 18.0 Å². The fraction of sp³-hybridized carbons (Fsp3) is 0.103. The predicted octanol–water partition coefficient (Wildman–Crippen LogP) is 4.08. The van der Waals surface area contributed by atoms with Crippen LogP contribution >= 0.6 is 0 Å². The molecule has 0 atom stereocenters. The summed E-state index contributed by atoms with van der Waals surface area (Å²) >= 11 is 0. The SMILES string of the molecule is CCOC(=O)c1c(C)nc2c(c(NNC(=O)c3cccnc3)nc(=O)n2-c2ccccc2)c1-c1ccccc1. The summed E-state index contributed by atoms with van der Waals surface area (Å²) in [6.45, 7) is 3.58. The van der Waals surface area contributed by atoms with Crippen LogP contribution < -0.4 is 16.5 Å². The van der Waals surface area contributed by atoms with Crippen molar-refractivity contribution in [3.05, 3.63) is 112 Å². The maximum Gasteiger partial charge on any atom is 0.355 e. The van der Waals surface area contributed by atoms with Gasteiger partial charge in [-0.25, -0.2) is 19.1 Å². The summed E-state index contributed by atoms with van der Waals surface area (Å²) in [4.78, 5) is 52.4. The predicted molar refractivity (Wildman–Crippen MR) is 147 cm³/mol. The second-order valence-electron chi connectivity index (χ2n) is 8.47. The summed E-state index contributed by atoms with van der Waals surface area (Å²) in [5.74, 6) is -1.03. The van der Waals surface area contributed by atoms with E-state index in [1.165, 1.54) is 10.8 Å². The number of hydrogen-bond donors (Lipinski definition) is 2. The Morgan fingerprint density at radius 1 is 0.949 bits per heavy atom. The molecule has 2 aromatic carbocycles. The molecule has 5 rings (SSSR count). The Balaban J connectivity index is 1.82. The molecule has 0 bridgehead atoms. The minimum atomic E-state index is -0.623. The largest absolute Gasteiger partial charge is 0.462 e. The van der Waals surface area contributed by atoms with Crippen molar-refractivity contribution in [2.24, 2.45) is 0 Å². The van der Waals surface area contributed by atoms with Crippen molar-refractivity contribution >= 4 is 28.7 Å². The Morgan fingerprint density at radius 2 is 1.67 bits per heavy atom. The molecule has 3 aromatic heterocycles. The molecule has 194 valence electrons. The Hall–Kier alpha value is -5.38. The molecule has 0 unspecified atom stereocenters. The number of aryl methyl sites for hydroxylation is 1. The lowest BCUT2D eigenvalue weighted by Crippen LogP contribution is -2.33. The normalized spacial score (nSPS) is 10.7. The molecule has 0 aliphatic heterocycles. The monoisotopic (exact) mass is 520 g/mol. The zero-order chi connectivity index (χ0) is 27.4. The number of carbonyl (C=O) groups is 2. The molecule has 10 heteroatoms. The molecule has 0 saturated heterocycles. The highest BCUT2D eigenvalue weighted by Crippen LogP contribution is 2.36. The number of para-hydroxylation sites is 1. The highest BCUT2D eigenvalue weighted by molar-refractivity contribution is 6.11. The minimum Gasteiger partial charge on any atom is -0.462 e. The van der Waals surface area contributed by atoms with Crippen LogP contribution in [0.15, 0.2) is 90.0 Å². The van der Waals surface area contributed by atoms with Crippen LogP contribution in [0.5, 0.6) is 0 Å². The van der Waals surface area contributed by atoms with Crippen LogP contribution in [0.25, 0.3) is 27.8 Å². The number of amides is 1. The van der Waals surface area contributed by atoms with Gasteiger partial charge in [-0.15, -0.1) is 0 Å². The van der Waals surface area contributed by atoms with E-state index in [1.54, 1.807) is 56.4 Å². The van der Waals surface area contributed by atoms with E-state index in [4.69, 9.17) is 9.72 Å². The molecule has 0 aliphatic carbocycles. The Labute approximate surface area is 223 Å². The summed E-state index contributed by atoms with van der Waals surface area (Å²) in [6, 6.07) is 21.4. The first-order valence-corrected chi connectivity index (χ1v) is 12.2. The number of benzene rings is 2. The van der Waals surface area contributed by atoms with Crippen molar-refractivity contribution in [3.63, 3.8) is 0 Å². The van der Waals surface area contributed by atoms with Gasteiger partial charge in [0.05, 0.1) is 34.5 Å². The Morgan fingerprint density at radius 3 is 2.33 bits per heavy atom. The van der Waals surface area contributed by atoms with Gasteiger partial charge in [0.25, 0.3) is 5.91 Å². The van der Waals surface area contributed by atoms with Crippen molar-refractivity contribution in [1.29, 1.82) is 0 Å². The summed E-state index contributed by atoms with van der Waals surface area (Å²) in [7, 11) is 0. The van der Waals surface area contributed by atoms with Crippen LogP contribution in [0.4, 0.5) is 5.82 Å². The van der Waals surface area contributed by atoms with Crippen LogP contribution in [0.1, 0.15) is 33.3 Å². The van der Waals surface area contributed by atoms with Gasteiger partial charge < -0.3 is 4.74 Å². The zero-order valence-electron chi connectivity index (χ0n) is 21.2. The van der Waals surface area contributed by atoms with Crippen LogP contribution in [-0.2, 0) is 4.74 Å². The number of esters is 1. The number of pyridine rings is 2. The third kappa shape index (κ3) is 4.95. The molecule has 0 aliphatic rings. The fourth-order valence-corrected chi connectivity index (χ4v) is 4.30. The number of anilines is 1. The number of nitrogens with one attached hydrogen (secondary N) is 2. The van der Waals surface area contributed by atoms with Crippen molar-refractivity contribution in [2.75, 3.05) is 12.0 Å². The number of aromatic nitrogens is 4. The molecule has 10 nitrogen and oxygen atoms in total. The van der Waals surface area contributed by atoms with Crippen molar-refractivity contribution < 1.29 is 14.3 Å². The maximum absolute atomic E-state index is 13.4. The van der Waals surface area contributed by atoms with Crippen LogP contribution in [0.2, 0.25) is 0 Å². The molecule has 2 N–H and O–H groups in total. The first kappa shape index (κ1) is 25.3. The number of nitrogens with zero attached hydrogens (tertiary/aromatic N) is 4. The fourth-order valence-electron chi connectivity index (χ4n) is 4.30. The summed E-state index contributed by atoms with van der Waals surface area (Å²) in [5, 5.41) is 0.352. The van der Waals surface area contributed by atoms with Gasteiger partial charge in [-0.05, 0) is 43.7 Å². The lowest BCUT2D eigenvalue weighted by molar-refractivity contribution is 0.0526. The standard InChI is InChI=1S/C29H24N6O4/c1-3-39-28(37)22-18(2)31-26-24(23(22)19-11-6-4-7-12-19)25(33-34-27(36)20-13-10-16-30-17-20)32-29(38)35(26)21-14-8-5-9-15-21/h4-17H,3H2,1-2H3,(H,34,36)(H,32,33,38). The summed E-state index contributed by atoms with van der Waals surface area (Å²) in [5.41, 5.74) is 7.59. The van der Waals surface area contributed by atoms with E-state index in [-0.39, 0.29) is 23.6 Å². The lowest BCUT2D eigenvalue weighted by atomic mass is 9.95. The number of hydrogen-bond acceptors (Lipinski definition) is 8. The molecule has 3 heterocycles. The maximum atomic E-state index is 13.4. The Kier molecular flexibility index (Phi) is 7.09. The van der Waals surface area contributed by atoms with Gasteiger partial charge >= 0.3 is 11.7 Å². The first-order chi connectivity index (χ1) is 19.0. The lowest BCUT2D eigenvalue weighted by Gasteiger charge is -2.20. The first-order valence-electron chi connectivity index (χ1n) is 12.2. The Bertz CT molecular complexity index is 1720. The van der Waals surface area contributed by atoms with Crippen molar-refractivity contribution in [2.45, 2.75) is 13.8 Å². The average Bonchev–Trinajstić information content (AvgIpc) is 2.96. The highest BCUT2D eigenvalue weighted by Gasteiger charge is 2.26. The molecular weight excluding hydrogens is 496 g/mol. The number of rotatable bonds is 7. The summed E-state index contributed by atoms with van der Waals surface area (Å²) in [6.07, 6.45) is 2.97. The zero-order valence-corrected chi connectivity index (χ0v) is 21.2. The van der Waals surface area contributed by atoms with E-state index < -0.39 is 17.6 Å². The van der Waals surface area contributed by atoms with Crippen molar-refractivity contribution in [1.82, 2.24) is 24.9 Å². The van der Waals surface area contributed by atoms with Gasteiger partial charge in [-0.3, -0.25) is 20.6 Å². The minimum absolute atomic E-state index is 0.0244. The third-order valence-corrected chi connectivity index (χ3v) is 5.98. The molecule has 1 amide bonds. The van der Waals surface area contributed by atoms with Crippen LogP contribution in [0, 0.1) is 6.92 Å². The molecular formula is C29H24N6O4. The topological polar surface area (TPSA) is 128 Å². The average molecular weight is 521 g/mol. The number of ether oxygens (including phenoxy) is 1. The van der Waals surface area contributed by atoms with E-state index in [1.807, 2.05) is 36.4 Å². The van der Waals surface area contributed by atoms with Crippen molar-refractivity contribution in [3.8, 4) is 16.8 Å².